The summed E-state index contributed by atoms with van der Waals surface area (Å²) >= 11 is 0. The number of aryl methyl sites for hydroxylation is 1. The molecule has 0 aromatic heterocycles. The van der Waals surface area contributed by atoms with Crippen LogP contribution in [0.15, 0.2) is 83.8 Å². The summed E-state index contributed by atoms with van der Waals surface area (Å²) in [5.74, 6) is -1.33. The van der Waals surface area contributed by atoms with Crippen LogP contribution in [0.3, 0.4) is 0 Å². The van der Waals surface area contributed by atoms with E-state index in [2.05, 4.69) is 0 Å². The van der Waals surface area contributed by atoms with E-state index < -0.39 is 27.7 Å². The topological polar surface area (TPSA) is 71.5 Å². The number of nitrogens with zero attached hydrogens (tertiary/aromatic N) is 1. The third kappa shape index (κ3) is 3.47. The second-order valence-electron chi connectivity index (χ2n) is 7.05. The molecule has 3 aromatic carbocycles. The van der Waals surface area contributed by atoms with Gasteiger partial charge in [0.15, 0.2) is 9.84 Å². The van der Waals surface area contributed by atoms with Crippen molar-refractivity contribution in [2.24, 2.45) is 0 Å². The minimum atomic E-state index is -3.74. The molecule has 0 N–H and O–H groups in total. The Morgan fingerprint density at radius 2 is 1.28 bits per heavy atom. The molecule has 0 radical (unpaired) electrons. The first-order valence-corrected chi connectivity index (χ1v) is 10.8. The molecule has 0 unspecified atom stereocenters. The standard InChI is InChI=1S/C23H19NO4S/c1-16-11-13-18(14-12-16)29(27,28)15-21(17-7-3-2-4-8-17)24-22(25)19-9-5-6-10-20(19)23(24)26/h2-14,21H,15H2,1H3/t21-/m0/s1. The molecule has 1 aliphatic rings. The highest BCUT2D eigenvalue weighted by atomic mass is 32.2. The molecule has 0 saturated heterocycles. The molecule has 4 rings (SSSR count). The van der Waals surface area contributed by atoms with Gasteiger partial charge >= 0.3 is 0 Å². The Morgan fingerprint density at radius 1 is 0.759 bits per heavy atom. The molecular formula is C23H19NO4S. The van der Waals surface area contributed by atoms with Crippen LogP contribution < -0.4 is 0 Å². The highest BCUT2D eigenvalue weighted by Crippen LogP contribution is 2.33. The van der Waals surface area contributed by atoms with E-state index in [4.69, 9.17) is 0 Å². The highest BCUT2D eigenvalue weighted by Gasteiger charge is 2.42. The monoisotopic (exact) mass is 405 g/mol. The number of sulfone groups is 1. The highest BCUT2D eigenvalue weighted by molar-refractivity contribution is 7.91. The second kappa shape index (κ2) is 7.29. The number of rotatable bonds is 5. The summed E-state index contributed by atoms with van der Waals surface area (Å²) in [4.78, 5) is 27.2. The lowest BCUT2D eigenvalue weighted by Crippen LogP contribution is -2.37. The zero-order chi connectivity index (χ0) is 20.6. The number of imide groups is 1. The maximum absolute atomic E-state index is 13.1. The number of hydrogen-bond acceptors (Lipinski definition) is 4. The maximum Gasteiger partial charge on any atom is 0.262 e. The van der Waals surface area contributed by atoms with E-state index in [1.165, 1.54) is 0 Å². The first-order chi connectivity index (χ1) is 13.9. The summed E-state index contributed by atoms with van der Waals surface area (Å²) in [6.45, 7) is 1.88. The SMILES string of the molecule is Cc1ccc(S(=O)(=O)C[C@@H](c2ccccc2)N2C(=O)c3ccccc3C2=O)cc1. The van der Waals surface area contributed by atoms with Crippen molar-refractivity contribution >= 4 is 21.7 Å². The zero-order valence-electron chi connectivity index (χ0n) is 15.8. The van der Waals surface area contributed by atoms with Gasteiger partial charge in [0.25, 0.3) is 11.8 Å². The van der Waals surface area contributed by atoms with Crippen LogP contribution in [-0.4, -0.2) is 30.9 Å². The molecule has 3 aromatic rings. The van der Waals surface area contributed by atoms with Gasteiger partial charge in [-0.3, -0.25) is 14.5 Å². The van der Waals surface area contributed by atoms with Gasteiger partial charge in [-0.25, -0.2) is 8.42 Å². The third-order valence-corrected chi connectivity index (χ3v) is 6.82. The summed E-state index contributed by atoms with van der Waals surface area (Å²) < 4.78 is 26.2. The molecule has 1 atom stereocenters. The van der Waals surface area contributed by atoms with Crippen LogP contribution in [-0.2, 0) is 9.84 Å². The van der Waals surface area contributed by atoms with Crippen LogP contribution in [0.5, 0.6) is 0 Å². The van der Waals surface area contributed by atoms with E-state index in [9.17, 15) is 18.0 Å². The summed E-state index contributed by atoms with van der Waals surface area (Å²) in [5, 5.41) is 0. The maximum atomic E-state index is 13.1. The average Bonchev–Trinajstić information content (AvgIpc) is 2.98. The second-order valence-corrected chi connectivity index (χ2v) is 9.08. The van der Waals surface area contributed by atoms with E-state index in [0.717, 1.165) is 10.5 Å². The van der Waals surface area contributed by atoms with Crippen LogP contribution in [0.4, 0.5) is 0 Å². The molecule has 29 heavy (non-hydrogen) atoms. The number of benzene rings is 3. The molecule has 0 spiro atoms. The van der Waals surface area contributed by atoms with Gasteiger partial charge in [-0.2, -0.15) is 0 Å². The minimum Gasteiger partial charge on any atom is -0.269 e. The molecule has 1 aliphatic heterocycles. The first kappa shape index (κ1) is 19.1. The molecule has 0 fully saturated rings. The summed E-state index contributed by atoms with van der Waals surface area (Å²) in [7, 11) is -3.74. The molecule has 2 amide bonds. The Hall–Kier alpha value is -3.25. The first-order valence-electron chi connectivity index (χ1n) is 9.20. The van der Waals surface area contributed by atoms with Crippen molar-refractivity contribution in [3.05, 3.63) is 101 Å². The Labute approximate surface area is 169 Å². The van der Waals surface area contributed by atoms with Gasteiger partial charge in [0.2, 0.25) is 0 Å². The predicted molar refractivity (Wildman–Crippen MR) is 109 cm³/mol. The Bertz CT molecular complexity index is 1150. The number of hydrogen-bond donors (Lipinski definition) is 0. The number of amides is 2. The van der Waals surface area contributed by atoms with Crippen molar-refractivity contribution in [2.45, 2.75) is 17.9 Å². The zero-order valence-corrected chi connectivity index (χ0v) is 16.6. The van der Waals surface area contributed by atoms with Crippen molar-refractivity contribution in [2.75, 3.05) is 5.75 Å². The fraction of sp³-hybridized carbons (Fsp3) is 0.130. The van der Waals surface area contributed by atoms with E-state index >= 15 is 0 Å². The fourth-order valence-electron chi connectivity index (χ4n) is 3.54. The van der Waals surface area contributed by atoms with Gasteiger partial charge in [-0.15, -0.1) is 0 Å². The van der Waals surface area contributed by atoms with E-state index in [0.29, 0.717) is 16.7 Å². The van der Waals surface area contributed by atoms with Crippen molar-refractivity contribution in [1.29, 1.82) is 0 Å². The normalized spacial score (nSPS) is 14.7. The molecule has 6 heteroatoms. The molecular weight excluding hydrogens is 386 g/mol. The van der Waals surface area contributed by atoms with Crippen LogP contribution in [0.25, 0.3) is 0 Å². The fourth-order valence-corrected chi connectivity index (χ4v) is 5.04. The van der Waals surface area contributed by atoms with Gasteiger partial charge in [0.1, 0.15) is 0 Å². The smallest absolute Gasteiger partial charge is 0.262 e. The Morgan fingerprint density at radius 3 is 1.83 bits per heavy atom. The van der Waals surface area contributed by atoms with Crippen molar-refractivity contribution < 1.29 is 18.0 Å². The van der Waals surface area contributed by atoms with E-state index in [1.807, 2.05) is 6.92 Å². The van der Waals surface area contributed by atoms with Crippen molar-refractivity contribution in [1.82, 2.24) is 4.90 Å². The van der Waals surface area contributed by atoms with Gasteiger partial charge < -0.3 is 0 Å². The van der Waals surface area contributed by atoms with E-state index in [1.54, 1.807) is 78.9 Å². The van der Waals surface area contributed by atoms with Crippen LogP contribution in [0, 0.1) is 6.92 Å². The molecule has 1 heterocycles. The molecule has 0 saturated carbocycles. The lowest BCUT2D eigenvalue weighted by molar-refractivity contribution is 0.0597. The van der Waals surface area contributed by atoms with Gasteiger partial charge in [-0.05, 0) is 36.8 Å². The molecule has 0 aliphatic carbocycles. The third-order valence-electron chi connectivity index (χ3n) is 5.08. The van der Waals surface area contributed by atoms with Crippen molar-refractivity contribution in [3.8, 4) is 0 Å². The number of carbonyl (C=O) groups is 2. The lowest BCUT2D eigenvalue weighted by Gasteiger charge is -2.26. The number of carbonyl (C=O) groups excluding carboxylic acids is 2. The predicted octanol–water partition coefficient (Wildman–Crippen LogP) is 3.81. The van der Waals surface area contributed by atoms with Gasteiger partial charge in [0.05, 0.1) is 27.8 Å². The molecule has 0 bridgehead atoms. The average molecular weight is 405 g/mol. The summed E-state index contributed by atoms with van der Waals surface area (Å²) in [6, 6.07) is 21.0. The summed E-state index contributed by atoms with van der Waals surface area (Å²) in [5.41, 5.74) is 2.14. The molecule has 5 nitrogen and oxygen atoms in total. The van der Waals surface area contributed by atoms with Crippen LogP contribution in [0.1, 0.15) is 37.9 Å². The van der Waals surface area contributed by atoms with E-state index in [-0.39, 0.29) is 10.6 Å². The van der Waals surface area contributed by atoms with Gasteiger partial charge in [-0.1, -0.05) is 60.2 Å². The Kier molecular flexibility index (Phi) is 4.80. The molecule has 146 valence electrons. The lowest BCUT2D eigenvalue weighted by atomic mass is 10.1. The van der Waals surface area contributed by atoms with Gasteiger partial charge in [0, 0.05) is 0 Å². The quantitative estimate of drug-likeness (QED) is 0.605. The van der Waals surface area contributed by atoms with Crippen LogP contribution >= 0.6 is 0 Å². The number of fused-ring (bicyclic) bond motifs is 1. The minimum absolute atomic E-state index is 0.167. The summed E-state index contributed by atoms with van der Waals surface area (Å²) in [6.07, 6.45) is 0. The van der Waals surface area contributed by atoms with Crippen LogP contribution in [0.2, 0.25) is 0 Å². The Balaban J connectivity index is 1.77. The van der Waals surface area contributed by atoms with Crippen molar-refractivity contribution in [3.63, 3.8) is 0 Å². The largest absolute Gasteiger partial charge is 0.269 e.